The summed E-state index contributed by atoms with van der Waals surface area (Å²) >= 11 is 6.22. The van der Waals surface area contributed by atoms with Gasteiger partial charge in [0.25, 0.3) is 5.91 Å². The Hall–Kier alpha value is -2.25. The number of methoxy groups -OCH3 is 1. The Morgan fingerprint density at radius 2 is 1.73 bits per heavy atom. The van der Waals surface area contributed by atoms with Crippen LogP contribution in [-0.4, -0.2) is 38.1 Å². The summed E-state index contributed by atoms with van der Waals surface area (Å²) in [5, 5.41) is -0.317. The molecule has 8 heteroatoms. The standard InChI is InChI=1S/C22H28ClNO5S/c1-15(2)13-24(22(25)18-8-6-7-9-19(18)23)14-17-10-11-20(28-5)21(12-17)29-30(26,27)16(3)4/h6-12,15-16H,13-14H2,1-5H3. The first-order chi connectivity index (χ1) is 14.0. The highest BCUT2D eigenvalue weighted by atomic mass is 35.5. The number of carbonyl (C=O) groups excluding carboxylic acids is 1. The molecule has 0 aliphatic carbocycles. The smallest absolute Gasteiger partial charge is 0.311 e. The van der Waals surface area contributed by atoms with Gasteiger partial charge in [0.1, 0.15) is 0 Å². The molecule has 0 heterocycles. The van der Waals surface area contributed by atoms with Crippen molar-refractivity contribution in [3.05, 3.63) is 58.6 Å². The van der Waals surface area contributed by atoms with Crippen LogP contribution in [0.15, 0.2) is 42.5 Å². The zero-order valence-electron chi connectivity index (χ0n) is 17.9. The fourth-order valence-electron chi connectivity index (χ4n) is 2.79. The third-order valence-electron chi connectivity index (χ3n) is 4.36. The van der Waals surface area contributed by atoms with Crippen molar-refractivity contribution in [1.82, 2.24) is 4.90 Å². The summed E-state index contributed by atoms with van der Waals surface area (Å²) in [6.07, 6.45) is 0. The van der Waals surface area contributed by atoms with E-state index in [1.54, 1.807) is 47.4 Å². The molecule has 2 aromatic carbocycles. The molecular weight excluding hydrogens is 426 g/mol. The molecule has 0 saturated heterocycles. The lowest BCUT2D eigenvalue weighted by Crippen LogP contribution is -2.34. The van der Waals surface area contributed by atoms with Crippen LogP contribution in [0.2, 0.25) is 5.02 Å². The lowest BCUT2D eigenvalue weighted by atomic mass is 10.1. The highest BCUT2D eigenvalue weighted by molar-refractivity contribution is 7.87. The summed E-state index contributed by atoms with van der Waals surface area (Å²) in [4.78, 5) is 14.8. The minimum Gasteiger partial charge on any atom is -0.493 e. The number of rotatable bonds is 9. The van der Waals surface area contributed by atoms with E-state index in [0.29, 0.717) is 28.4 Å². The van der Waals surface area contributed by atoms with E-state index >= 15 is 0 Å². The van der Waals surface area contributed by atoms with Crippen LogP contribution in [0.25, 0.3) is 0 Å². The third kappa shape index (κ3) is 6.12. The summed E-state index contributed by atoms with van der Waals surface area (Å²) in [6, 6.07) is 11.9. The summed E-state index contributed by atoms with van der Waals surface area (Å²) in [5.74, 6) is 0.434. The van der Waals surface area contributed by atoms with Gasteiger partial charge in [0.15, 0.2) is 11.5 Å². The number of ether oxygens (including phenoxy) is 1. The van der Waals surface area contributed by atoms with E-state index < -0.39 is 15.4 Å². The van der Waals surface area contributed by atoms with Gasteiger partial charge in [0.2, 0.25) is 0 Å². The summed E-state index contributed by atoms with van der Waals surface area (Å²) < 4.78 is 35.0. The molecule has 0 atom stereocenters. The van der Waals surface area contributed by atoms with Gasteiger partial charge in [0, 0.05) is 13.1 Å². The minimum atomic E-state index is -3.79. The number of benzene rings is 2. The zero-order chi connectivity index (χ0) is 22.5. The maximum atomic E-state index is 13.1. The van der Waals surface area contributed by atoms with E-state index in [1.807, 2.05) is 13.8 Å². The Morgan fingerprint density at radius 3 is 2.30 bits per heavy atom. The molecule has 0 fully saturated rings. The Morgan fingerprint density at radius 1 is 1.07 bits per heavy atom. The second kappa shape index (κ2) is 10.2. The van der Waals surface area contributed by atoms with Gasteiger partial charge in [-0.15, -0.1) is 0 Å². The Labute approximate surface area is 183 Å². The molecule has 0 radical (unpaired) electrons. The number of amides is 1. The summed E-state index contributed by atoms with van der Waals surface area (Å²) in [6.45, 7) is 7.90. The van der Waals surface area contributed by atoms with Gasteiger partial charge in [0.05, 0.1) is 22.9 Å². The van der Waals surface area contributed by atoms with Crippen molar-refractivity contribution in [2.45, 2.75) is 39.5 Å². The molecule has 0 aromatic heterocycles. The Bertz CT molecular complexity index is 989. The molecular formula is C22H28ClNO5S. The van der Waals surface area contributed by atoms with E-state index in [0.717, 1.165) is 0 Å². The number of carbonyl (C=O) groups is 1. The van der Waals surface area contributed by atoms with Crippen LogP contribution in [0.5, 0.6) is 11.5 Å². The summed E-state index contributed by atoms with van der Waals surface area (Å²) in [5.41, 5.74) is 1.14. The van der Waals surface area contributed by atoms with Gasteiger partial charge in [-0.1, -0.05) is 43.6 Å². The van der Waals surface area contributed by atoms with Crippen molar-refractivity contribution in [2.24, 2.45) is 5.92 Å². The molecule has 2 aromatic rings. The molecule has 30 heavy (non-hydrogen) atoms. The maximum Gasteiger partial charge on any atom is 0.311 e. The number of halogens is 1. The fraction of sp³-hybridized carbons (Fsp3) is 0.409. The Balaban J connectivity index is 2.37. The lowest BCUT2D eigenvalue weighted by molar-refractivity contribution is 0.0722. The van der Waals surface area contributed by atoms with Crippen LogP contribution in [0, 0.1) is 5.92 Å². The normalized spacial score (nSPS) is 11.6. The second-order valence-corrected chi connectivity index (χ2v) is 10.2. The second-order valence-electron chi connectivity index (χ2n) is 7.67. The van der Waals surface area contributed by atoms with Crippen molar-refractivity contribution in [1.29, 1.82) is 0 Å². The maximum absolute atomic E-state index is 13.1. The Kier molecular flexibility index (Phi) is 8.15. The molecule has 0 saturated carbocycles. The first-order valence-electron chi connectivity index (χ1n) is 9.69. The van der Waals surface area contributed by atoms with Crippen LogP contribution in [0.3, 0.4) is 0 Å². The molecule has 164 valence electrons. The van der Waals surface area contributed by atoms with Gasteiger partial charge >= 0.3 is 10.1 Å². The highest BCUT2D eigenvalue weighted by Crippen LogP contribution is 2.31. The first kappa shape index (κ1) is 24.0. The van der Waals surface area contributed by atoms with E-state index in [-0.39, 0.29) is 24.1 Å². The van der Waals surface area contributed by atoms with Crippen LogP contribution in [0.4, 0.5) is 0 Å². The van der Waals surface area contributed by atoms with E-state index in [1.165, 1.54) is 21.0 Å². The van der Waals surface area contributed by atoms with Gasteiger partial charge < -0.3 is 13.8 Å². The zero-order valence-corrected chi connectivity index (χ0v) is 19.5. The predicted octanol–water partition coefficient (Wildman–Crippen LogP) is 4.76. The monoisotopic (exact) mass is 453 g/mol. The first-order valence-corrected chi connectivity index (χ1v) is 11.5. The minimum absolute atomic E-state index is 0.0957. The number of nitrogens with zero attached hydrogens (tertiary/aromatic N) is 1. The third-order valence-corrected chi connectivity index (χ3v) is 6.26. The molecule has 0 bridgehead atoms. The molecule has 0 aliphatic rings. The van der Waals surface area contributed by atoms with Gasteiger partial charge in [-0.25, -0.2) is 0 Å². The average Bonchev–Trinajstić information content (AvgIpc) is 2.67. The van der Waals surface area contributed by atoms with Crippen molar-refractivity contribution in [2.75, 3.05) is 13.7 Å². The number of hydrogen-bond acceptors (Lipinski definition) is 5. The molecule has 0 N–H and O–H groups in total. The van der Waals surface area contributed by atoms with Crippen LogP contribution >= 0.6 is 11.6 Å². The number of hydrogen-bond donors (Lipinski definition) is 0. The average molecular weight is 454 g/mol. The van der Waals surface area contributed by atoms with E-state index in [2.05, 4.69) is 0 Å². The van der Waals surface area contributed by atoms with E-state index in [4.69, 9.17) is 20.5 Å². The summed E-state index contributed by atoms with van der Waals surface area (Å²) in [7, 11) is -2.35. The topological polar surface area (TPSA) is 72.9 Å². The van der Waals surface area contributed by atoms with Crippen LogP contribution < -0.4 is 8.92 Å². The van der Waals surface area contributed by atoms with Crippen molar-refractivity contribution < 1.29 is 22.1 Å². The lowest BCUT2D eigenvalue weighted by Gasteiger charge is -2.25. The van der Waals surface area contributed by atoms with Crippen molar-refractivity contribution in [3.8, 4) is 11.5 Å². The SMILES string of the molecule is COc1ccc(CN(CC(C)C)C(=O)c2ccccc2Cl)cc1OS(=O)(=O)C(C)C. The molecule has 1 amide bonds. The van der Waals surface area contributed by atoms with Gasteiger partial charge in [-0.05, 0) is 49.6 Å². The predicted molar refractivity (Wildman–Crippen MR) is 119 cm³/mol. The largest absolute Gasteiger partial charge is 0.493 e. The molecule has 6 nitrogen and oxygen atoms in total. The highest BCUT2D eigenvalue weighted by Gasteiger charge is 2.23. The van der Waals surface area contributed by atoms with Gasteiger partial charge in [-0.3, -0.25) is 4.79 Å². The van der Waals surface area contributed by atoms with Crippen LogP contribution in [0.1, 0.15) is 43.6 Å². The van der Waals surface area contributed by atoms with E-state index in [9.17, 15) is 13.2 Å². The van der Waals surface area contributed by atoms with Gasteiger partial charge in [-0.2, -0.15) is 8.42 Å². The molecule has 0 spiro atoms. The van der Waals surface area contributed by atoms with Crippen molar-refractivity contribution >= 4 is 27.6 Å². The van der Waals surface area contributed by atoms with Crippen LogP contribution in [-0.2, 0) is 16.7 Å². The molecule has 0 unspecified atom stereocenters. The molecule has 2 rings (SSSR count). The quantitative estimate of drug-likeness (QED) is 0.511. The fourth-order valence-corrected chi connectivity index (χ4v) is 3.58. The van der Waals surface area contributed by atoms with Crippen molar-refractivity contribution in [3.63, 3.8) is 0 Å². The molecule has 0 aliphatic heterocycles.